The van der Waals surface area contributed by atoms with Crippen molar-refractivity contribution in [2.75, 3.05) is 33.4 Å². The van der Waals surface area contributed by atoms with Gasteiger partial charge in [0.05, 0.1) is 13.7 Å². The molecule has 1 heterocycles. The van der Waals surface area contributed by atoms with Gasteiger partial charge in [-0.05, 0) is 43.6 Å². The van der Waals surface area contributed by atoms with Gasteiger partial charge in [0.25, 0.3) is 0 Å². The molecule has 0 saturated carbocycles. The van der Waals surface area contributed by atoms with Crippen molar-refractivity contribution in [1.82, 2.24) is 4.90 Å². The molecule has 4 heteroatoms. The Hall–Kier alpha value is -1.26. The van der Waals surface area contributed by atoms with E-state index < -0.39 is 0 Å². The van der Waals surface area contributed by atoms with Crippen LogP contribution in [0, 0.1) is 0 Å². The lowest BCUT2D eigenvalue weighted by molar-refractivity contribution is 0.180. The molecule has 1 aliphatic heterocycles. The van der Waals surface area contributed by atoms with Crippen molar-refractivity contribution in [3.05, 3.63) is 23.8 Å². The Morgan fingerprint density at radius 1 is 1.16 bits per heavy atom. The first kappa shape index (κ1) is 14.2. The normalized spacial score (nSPS) is 16.3. The smallest absolute Gasteiger partial charge is 0.161 e. The van der Waals surface area contributed by atoms with Crippen molar-refractivity contribution >= 4 is 0 Å². The fourth-order valence-corrected chi connectivity index (χ4v) is 2.40. The maximum atomic E-state index is 9.15. The van der Waals surface area contributed by atoms with Gasteiger partial charge < -0.3 is 14.6 Å². The summed E-state index contributed by atoms with van der Waals surface area (Å²) >= 11 is 0. The summed E-state index contributed by atoms with van der Waals surface area (Å²) in [7, 11) is 1.63. The van der Waals surface area contributed by atoms with Crippen LogP contribution < -0.4 is 9.47 Å². The van der Waals surface area contributed by atoms with Crippen LogP contribution >= 0.6 is 0 Å². The summed E-state index contributed by atoms with van der Waals surface area (Å²) in [4.78, 5) is 2.44. The number of nitrogens with zero attached hydrogens (tertiary/aromatic N) is 1. The molecule has 1 fully saturated rings. The fraction of sp³-hybridized carbons (Fsp3) is 0.600. The molecule has 1 aromatic rings. The Bertz CT molecular complexity index is 389. The second-order valence-electron chi connectivity index (χ2n) is 4.89. The Labute approximate surface area is 114 Å². The van der Waals surface area contributed by atoms with E-state index >= 15 is 0 Å². The molecule has 0 amide bonds. The Morgan fingerprint density at radius 3 is 2.63 bits per heavy atom. The van der Waals surface area contributed by atoms with Gasteiger partial charge in [-0.3, -0.25) is 4.90 Å². The highest BCUT2D eigenvalue weighted by Crippen LogP contribution is 2.28. The van der Waals surface area contributed by atoms with Crippen molar-refractivity contribution in [3.8, 4) is 11.5 Å². The molecule has 0 radical (unpaired) electrons. The lowest BCUT2D eigenvalue weighted by atomic mass is 10.1. The summed E-state index contributed by atoms with van der Waals surface area (Å²) in [6.07, 6.45) is 3.94. The standard InChI is InChI=1S/C15H23NO3/c1-18-14-6-5-13(12-17)11-15(14)19-10-9-16-7-3-2-4-8-16/h5-6,11,17H,2-4,7-10,12H2,1H3. The van der Waals surface area contributed by atoms with Crippen LogP contribution in [0.2, 0.25) is 0 Å². The number of likely N-dealkylation sites (tertiary alicyclic amines) is 1. The minimum Gasteiger partial charge on any atom is -0.493 e. The molecular weight excluding hydrogens is 242 g/mol. The van der Waals surface area contributed by atoms with Crippen LogP contribution in [0.4, 0.5) is 0 Å². The zero-order chi connectivity index (χ0) is 13.5. The molecule has 0 aliphatic carbocycles. The summed E-state index contributed by atoms with van der Waals surface area (Å²) in [6, 6.07) is 5.52. The van der Waals surface area contributed by atoms with E-state index in [1.54, 1.807) is 7.11 Å². The molecule has 1 aromatic carbocycles. The zero-order valence-electron chi connectivity index (χ0n) is 11.6. The number of hydrogen-bond acceptors (Lipinski definition) is 4. The number of rotatable bonds is 6. The molecular formula is C15H23NO3. The molecule has 2 rings (SSSR count). The highest BCUT2D eigenvalue weighted by molar-refractivity contribution is 5.42. The second kappa shape index (κ2) is 7.36. The summed E-state index contributed by atoms with van der Waals surface area (Å²) in [5.74, 6) is 1.43. The van der Waals surface area contributed by atoms with Gasteiger partial charge in [0, 0.05) is 6.54 Å². The topological polar surface area (TPSA) is 41.9 Å². The van der Waals surface area contributed by atoms with E-state index in [9.17, 15) is 0 Å². The Morgan fingerprint density at radius 2 is 1.95 bits per heavy atom. The van der Waals surface area contributed by atoms with Gasteiger partial charge >= 0.3 is 0 Å². The summed E-state index contributed by atoms with van der Waals surface area (Å²) in [5, 5.41) is 9.15. The first-order chi connectivity index (χ1) is 9.33. The lowest BCUT2D eigenvalue weighted by Crippen LogP contribution is -2.33. The summed E-state index contributed by atoms with van der Waals surface area (Å²) in [5.41, 5.74) is 0.841. The van der Waals surface area contributed by atoms with Crippen molar-refractivity contribution in [2.45, 2.75) is 25.9 Å². The van der Waals surface area contributed by atoms with Crippen molar-refractivity contribution in [2.24, 2.45) is 0 Å². The number of piperidine rings is 1. The van der Waals surface area contributed by atoms with Crippen molar-refractivity contribution in [1.29, 1.82) is 0 Å². The predicted molar refractivity (Wildman–Crippen MR) is 74.7 cm³/mol. The van der Waals surface area contributed by atoms with E-state index in [-0.39, 0.29) is 6.61 Å². The first-order valence-corrected chi connectivity index (χ1v) is 6.96. The van der Waals surface area contributed by atoms with Crippen LogP contribution in [0.25, 0.3) is 0 Å². The van der Waals surface area contributed by atoms with Crippen LogP contribution in [0.3, 0.4) is 0 Å². The van der Waals surface area contributed by atoms with Gasteiger partial charge in [-0.15, -0.1) is 0 Å². The number of aliphatic hydroxyl groups excluding tert-OH is 1. The maximum Gasteiger partial charge on any atom is 0.161 e. The molecule has 1 saturated heterocycles. The third-order valence-electron chi connectivity index (χ3n) is 3.52. The number of hydrogen-bond donors (Lipinski definition) is 1. The van der Waals surface area contributed by atoms with Crippen LogP contribution in [0.5, 0.6) is 11.5 Å². The number of benzene rings is 1. The fourth-order valence-electron chi connectivity index (χ4n) is 2.40. The molecule has 106 valence electrons. The molecule has 1 N–H and O–H groups in total. The average Bonchev–Trinajstić information content (AvgIpc) is 2.48. The van der Waals surface area contributed by atoms with Crippen LogP contribution in [0.15, 0.2) is 18.2 Å². The van der Waals surface area contributed by atoms with Crippen LogP contribution in [-0.2, 0) is 6.61 Å². The molecule has 0 unspecified atom stereocenters. The van der Waals surface area contributed by atoms with Gasteiger partial charge in [-0.25, -0.2) is 0 Å². The zero-order valence-corrected chi connectivity index (χ0v) is 11.6. The first-order valence-electron chi connectivity index (χ1n) is 6.96. The van der Waals surface area contributed by atoms with Gasteiger partial charge in [0.1, 0.15) is 6.61 Å². The molecule has 4 nitrogen and oxygen atoms in total. The highest BCUT2D eigenvalue weighted by atomic mass is 16.5. The number of methoxy groups -OCH3 is 1. The predicted octanol–water partition coefficient (Wildman–Crippen LogP) is 2.05. The maximum absolute atomic E-state index is 9.15. The molecule has 0 aromatic heterocycles. The van der Waals surface area contributed by atoms with E-state index in [1.807, 2.05) is 18.2 Å². The quantitative estimate of drug-likeness (QED) is 0.855. The van der Waals surface area contributed by atoms with Crippen LogP contribution in [-0.4, -0.2) is 43.4 Å². The lowest BCUT2D eigenvalue weighted by Gasteiger charge is -2.26. The van der Waals surface area contributed by atoms with Crippen LogP contribution in [0.1, 0.15) is 24.8 Å². The molecule has 19 heavy (non-hydrogen) atoms. The van der Waals surface area contributed by atoms with E-state index in [1.165, 1.54) is 32.4 Å². The minimum atomic E-state index is 0.0203. The number of aliphatic hydroxyl groups is 1. The largest absolute Gasteiger partial charge is 0.493 e. The van der Waals surface area contributed by atoms with E-state index in [0.29, 0.717) is 12.4 Å². The minimum absolute atomic E-state index is 0.0203. The SMILES string of the molecule is COc1ccc(CO)cc1OCCN1CCCCC1. The van der Waals surface area contributed by atoms with Gasteiger partial charge in [-0.2, -0.15) is 0 Å². The van der Waals surface area contributed by atoms with Gasteiger partial charge in [-0.1, -0.05) is 12.5 Å². The van der Waals surface area contributed by atoms with Gasteiger partial charge in [0.15, 0.2) is 11.5 Å². The molecule has 1 aliphatic rings. The third kappa shape index (κ3) is 4.11. The van der Waals surface area contributed by atoms with Gasteiger partial charge in [0.2, 0.25) is 0 Å². The molecule has 0 spiro atoms. The van der Waals surface area contributed by atoms with E-state index in [2.05, 4.69) is 4.90 Å². The molecule has 0 bridgehead atoms. The van der Waals surface area contributed by atoms with E-state index in [0.717, 1.165) is 17.9 Å². The third-order valence-corrected chi connectivity index (χ3v) is 3.52. The summed E-state index contributed by atoms with van der Waals surface area (Å²) < 4.78 is 11.1. The summed E-state index contributed by atoms with van der Waals surface area (Å²) in [6.45, 7) is 3.98. The average molecular weight is 265 g/mol. The highest BCUT2D eigenvalue weighted by Gasteiger charge is 2.11. The Balaban J connectivity index is 1.86. The van der Waals surface area contributed by atoms with Crippen molar-refractivity contribution in [3.63, 3.8) is 0 Å². The monoisotopic (exact) mass is 265 g/mol. The Kier molecular flexibility index (Phi) is 5.48. The molecule has 0 atom stereocenters. The second-order valence-corrected chi connectivity index (χ2v) is 4.89. The number of ether oxygens (including phenoxy) is 2. The van der Waals surface area contributed by atoms with E-state index in [4.69, 9.17) is 14.6 Å². The van der Waals surface area contributed by atoms with Crippen molar-refractivity contribution < 1.29 is 14.6 Å².